The molecule has 3 heteroatoms. The number of ether oxygens (including phenoxy) is 1. The van der Waals surface area contributed by atoms with Gasteiger partial charge in [0.25, 0.3) is 0 Å². The van der Waals surface area contributed by atoms with Gasteiger partial charge < -0.3 is 9.53 Å². The van der Waals surface area contributed by atoms with Crippen LogP contribution in [0.1, 0.15) is 32.3 Å². The van der Waals surface area contributed by atoms with Crippen molar-refractivity contribution in [1.82, 2.24) is 4.90 Å². The molecule has 0 amide bonds. The lowest BCUT2D eigenvalue weighted by atomic mass is 9.83. The van der Waals surface area contributed by atoms with E-state index in [2.05, 4.69) is 11.8 Å². The average Bonchev–Trinajstić information content (AvgIpc) is 3.00. The Kier molecular flexibility index (Phi) is 5.32. The second-order valence-electron chi connectivity index (χ2n) is 5.86. The third kappa shape index (κ3) is 3.68. The van der Waals surface area contributed by atoms with E-state index in [0.717, 1.165) is 50.9 Å². The third-order valence-corrected chi connectivity index (χ3v) is 4.18. The zero-order valence-corrected chi connectivity index (χ0v) is 12.5. The molecule has 0 saturated carbocycles. The lowest BCUT2D eigenvalue weighted by molar-refractivity contribution is -0.112. The predicted octanol–water partition coefficient (Wildman–Crippen LogP) is 2.64. The van der Waals surface area contributed by atoms with E-state index >= 15 is 0 Å². The second-order valence-corrected chi connectivity index (χ2v) is 5.86. The highest BCUT2D eigenvalue weighted by Gasteiger charge is 2.29. The molecule has 3 nitrogen and oxygen atoms in total. The topological polar surface area (TPSA) is 29.5 Å². The van der Waals surface area contributed by atoms with E-state index in [4.69, 9.17) is 4.74 Å². The fraction of sp³-hybridized carbons (Fsp3) is 0.588. The lowest BCUT2D eigenvalue weighted by Gasteiger charge is -2.32. The molecule has 0 bridgehead atoms. The van der Waals surface area contributed by atoms with Crippen molar-refractivity contribution in [2.24, 2.45) is 0 Å². The Morgan fingerprint density at radius 3 is 2.70 bits per heavy atom. The first kappa shape index (κ1) is 15.2. The maximum absolute atomic E-state index is 11.7. The van der Waals surface area contributed by atoms with Gasteiger partial charge in [-0.2, -0.15) is 0 Å². The Balaban J connectivity index is 2.04. The number of benzene rings is 1. The normalized spacial score (nSPS) is 21.9. The Morgan fingerprint density at radius 1 is 1.40 bits per heavy atom. The summed E-state index contributed by atoms with van der Waals surface area (Å²) in [5, 5.41) is 0. The van der Waals surface area contributed by atoms with Crippen molar-refractivity contribution in [3.8, 4) is 0 Å². The standard InChI is InChI=1S/C17H25NO2/c1-3-18(12-16-10-7-11-20-16)13-17(2,14-19)15-8-5-4-6-9-15/h4-6,8-9,14,16H,3,7,10-13H2,1-2H3. The number of hydrogen-bond acceptors (Lipinski definition) is 3. The van der Waals surface area contributed by atoms with Gasteiger partial charge in [-0.15, -0.1) is 0 Å². The predicted molar refractivity (Wildman–Crippen MR) is 80.9 cm³/mol. The maximum Gasteiger partial charge on any atom is 0.131 e. The monoisotopic (exact) mass is 275 g/mol. The van der Waals surface area contributed by atoms with E-state index in [9.17, 15) is 4.79 Å². The molecule has 0 spiro atoms. The summed E-state index contributed by atoms with van der Waals surface area (Å²) in [6.07, 6.45) is 3.72. The summed E-state index contributed by atoms with van der Waals surface area (Å²) in [5.41, 5.74) is 0.636. The van der Waals surface area contributed by atoms with E-state index in [1.54, 1.807) is 0 Å². The molecule has 1 heterocycles. The van der Waals surface area contributed by atoms with E-state index < -0.39 is 5.41 Å². The molecule has 2 atom stereocenters. The van der Waals surface area contributed by atoms with Crippen LogP contribution in [0.25, 0.3) is 0 Å². The van der Waals surface area contributed by atoms with Gasteiger partial charge in [0.15, 0.2) is 0 Å². The number of aldehydes is 1. The minimum absolute atomic E-state index is 0.335. The molecule has 0 aliphatic carbocycles. The van der Waals surface area contributed by atoms with Crippen LogP contribution in [-0.2, 0) is 14.9 Å². The van der Waals surface area contributed by atoms with Crippen LogP contribution < -0.4 is 0 Å². The van der Waals surface area contributed by atoms with Crippen molar-refractivity contribution in [2.45, 2.75) is 38.2 Å². The molecule has 1 fully saturated rings. The van der Waals surface area contributed by atoms with Gasteiger partial charge in [0.2, 0.25) is 0 Å². The molecule has 20 heavy (non-hydrogen) atoms. The zero-order chi connectivity index (χ0) is 14.4. The van der Waals surface area contributed by atoms with Gasteiger partial charge in [-0.1, -0.05) is 37.3 Å². The number of nitrogens with zero attached hydrogens (tertiary/aromatic N) is 1. The fourth-order valence-electron chi connectivity index (χ4n) is 2.86. The van der Waals surface area contributed by atoms with Crippen LogP contribution >= 0.6 is 0 Å². The molecule has 0 aromatic heterocycles. The fourth-order valence-corrected chi connectivity index (χ4v) is 2.86. The molecule has 1 saturated heterocycles. The molecular weight excluding hydrogens is 250 g/mol. The van der Waals surface area contributed by atoms with Gasteiger partial charge in [0.1, 0.15) is 6.29 Å². The van der Waals surface area contributed by atoms with Crippen molar-refractivity contribution in [2.75, 3.05) is 26.2 Å². The van der Waals surface area contributed by atoms with Crippen LogP contribution in [-0.4, -0.2) is 43.5 Å². The van der Waals surface area contributed by atoms with Gasteiger partial charge in [-0.25, -0.2) is 0 Å². The Bertz CT molecular complexity index is 414. The molecule has 0 radical (unpaired) electrons. The van der Waals surface area contributed by atoms with Gasteiger partial charge >= 0.3 is 0 Å². The van der Waals surface area contributed by atoms with Crippen molar-refractivity contribution in [3.63, 3.8) is 0 Å². The molecule has 1 aliphatic rings. The number of carbonyl (C=O) groups excluding carboxylic acids is 1. The molecule has 1 aromatic rings. The minimum Gasteiger partial charge on any atom is -0.377 e. The molecule has 2 rings (SSSR count). The molecule has 1 aromatic carbocycles. The van der Waals surface area contributed by atoms with E-state index in [1.807, 2.05) is 37.3 Å². The van der Waals surface area contributed by atoms with Crippen LogP contribution in [0.15, 0.2) is 30.3 Å². The van der Waals surface area contributed by atoms with Crippen molar-refractivity contribution < 1.29 is 9.53 Å². The minimum atomic E-state index is -0.449. The van der Waals surface area contributed by atoms with Crippen LogP contribution in [0.4, 0.5) is 0 Å². The quantitative estimate of drug-likeness (QED) is 0.717. The summed E-state index contributed by atoms with van der Waals surface area (Å²) in [6.45, 7) is 7.66. The first-order valence-corrected chi connectivity index (χ1v) is 7.54. The smallest absolute Gasteiger partial charge is 0.131 e. The van der Waals surface area contributed by atoms with Crippen molar-refractivity contribution in [3.05, 3.63) is 35.9 Å². The first-order chi connectivity index (χ1) is 9.68. The summed E-state index contributed by atoms with van der Waals surface area (Å²) in [4.78, 5) is 14.0. The van der Waals surface area contributed by atoms with Gasteiger partial charge in [0, 0.05) is 19.7 Å². The Hall–Kier alpha value is -1.19. The van der Waals surface area contributed by atoms with Gasteiger partial charge in [-0.3, -0.25) is 4.90 Å². The third-order valence-electron chi connectivity index (χ3n) is 4.18. The van der Waals surface area contributed by atoms with E-state index in [0.29, 0.717) is 6.10 Å². The number of likely N-dealkylation sites (N-methyl/N-ethyl adjacent to an activating group) is 1. The first-order valence-electron chi connectivity index (χ1n) is 7.54. The summed E-state index contributed by atoms with van der Waals surface area (Å²) < 4.78 is 5.71. The molecular formula is C17H25NO2. The number of hydrogen-bond donors (Lipinski definition) is 0. The molecule has 1 aliphatic heterocycles. The molecule has 2 unspecified atom stereocenters. The van der Waals surface area contributed by atoms with Crippen molar-refractivity contribution >= 4 is 6.29 Å². The highest BCUT2D eigenvalue weighted by molar-refractivity contribution is 5.68. The van der Waals surface area contributed by atoms with Crippen LogP contribution in [0.3, 0.4) is 0 Å². The number of carbonyl (C=O) groups is 1. The largest absolute Gasteiger partial charge is 0.377 e. The van der Waals surface area contributed by atoms with Crippen LogP contribution in [0.2, 0.25) is 0 Å². The summed E-state index contributed by atoms with van der Waals surface area (Å²) in [5.74, 6) is 0. The molecule has 0 N–H and O–H groups in total. The average molecular weight is 275 g/mol. The van der Waals surface area contributed by atoms with E-state index in [1.165, 1.54) is 0 Å². The SMILES string of the molecule is CCN(CC1CCCO1)CC(C)(C=O)c1ccccc1. The van der Waals surface area contributed by atoms with Crippen molar-refractivity contribution in [1.29, 1.82) is 0 Å². The number of rotatable bonds is 7. The van der Waals surface area contributed by atoms with Gasteiger partial charge in [-0.05, 0) is 31.9 Å². The van der Waals surface area contributed by atoms with E-state index in [-0.39, 0.29) is 0 Å². The highest BCUT2D eigenvalue weighted by Crippen LogP contribution is 2.23. The van der Waals surface area contributed by atoms with Crippen LogP contribution in [0, 0.1) is 0 Å². The lowest BCUT2D eigenvalue weighted by Crippen LogP contribution is -2.43. The summed E-state index contributed by atoms with van der Waals surface area (Å²) >= 11 is 0. The van der Waals surface area contributed by atoms with Gasteiger partial charge in [0.05, 0.1) is 11.5 Å². The Morgan fingerprint density at radius 2 is 2.15 bits per heavy atom. The summed E-state index contributed by atoms with van der Waals surface area (Å²) in [6, 6.07) is 10.0. The molecule has 110 valence electrons. The zero-order valence-electron chi connectivity index (χ0n) is 12.5. The maximum atomic E-state index is 11.7. The summed E-state index contributed by atoms with van der Waals surface area (Å²) in [7, 11) is 0. The van der Waals surface area contributed by atoms with Crippen LogP contribution in [0.5, 0.6) is 0 Å². The highest BCUT2D eigenvalue weighted by atomic mass is 16.5. The Labute approximate surface area is 121 Å². The second kappa shape index (κ2) is 7.00.